The quantitative estimate of drug-likeness (QED) is 0.739. The normalized spacial score (nSPS) is 11.9. The van der Waals surface area contributed by atoms with Gasteiger partial charge in [0.1, 0.15) is 17.6 Å². The lowest BCUT2D eigenvalue weighted by molar-refractivity contribution is 0.227. The van der Waals surface area contributed by atoms with Gasteiger partial charge in [-0.15, -0.1) is 6.58 Å². The van der Waals surface area contributed by atoms with Crippen LogP contribution in [-0.2, 0) is 6.42 Å². The Labute approximate surface area is 103 Å². The third-order valence-electron chi connectivity index (χ3n) is 2.37. The molecule has 1 aromatic rings. The smallest absolute Gasteiger partial charge is 0.123 e. The van der Waals surface area contributed by atoms with E-state index in [0.29, 0.717) is 13.2 Å². The van der Waals surface area contributed by atoms with Crippen molar-refractivity contribution in [3.63, 3.8) is 0 Å². The van der Waals surface area contributed by atoms with Crippen LogP contribution in [0.1, 0.15) is 19.4 Å². The van der Waals surface area contributed by atoms with Gasteiger partial charge in [-0.25, -0.2) is 0 Å². The summed E-state index contributed by atoms with van der Waals surface area (Å²) < 4.78 is 11.2. The molecule has 0 bridgehead atoms. The monoisotopic (exact) mass is 235 g/mol. The predicted octanol–water partition coefficient (Wildman–Crippen LogP) is 2.54. The first-order valence-corrected chi connectivity index (χ1v) is 5.94. The van der Waals surface area contributed by atoms with E-state index in [2.05, 4.69) is 6.58 Å². The van der Waals surface area contributed by atoms with E-state index in [1.807, 2.05) is 38.1 Å². The highest BCUT2D eigenvalue weighted by Gasteiger charge is 2.08. The summed E-state index contributed by atoms with van der Waals surface area (Å²) in [4.78, 5) is 0. The van der Waals surface area contributed by atoms with Crippen LogP contribution in [0.25, 0.3) is 0 Å². The first-order valence-electron chi connectivity index (χ1n) is 5.94. The molecule has 0 heterocycles. The summed E-state index contributed by atoms with van der Waals surface area (Å²) in [5, 5.41) is 0. The first-order chi connectivity index (χ1) is 8.21. The Morgan fingerprint density at radius 1 is 1.47 bits per heavy atom. The number of hydrogen-bond acceptors (Lipinski definition) is 3. The van der Waals surface area contributed by atoms with E-state index < -0.39 is 0 Å². The molecule has 0 fully saturated rings. The van der Waals surface area contributed by atoms with Gasteiger partial charge < -0.3 is 15.2 Å². The number of benzene rings is 1. The molecule has 1 rings (SSSR count). The number of ether oxygens (including phenoxy) is 2. The molecule has 1 aromatic carbocycles. The number of hydrogen-bond donors (Lipinski definition) is 1. The summed E-state index contributed by atoms with van der Waals surface area (Å²) in [6.07, 6.45) is 2.62. The van der Waals surface area contributed by atoms with E-state index in [-0.39, 0.29) is 6.10 Å². The van der Waals surface area contributed by atoms with Gasteiger partial charge in [0.05, 0.1) is 6.61 Å². The Balaban J connectivity index is 2.90. The lowest BCUT2D eigenvalue weighted by Gasteiger charge is -2.16. The second-order valence-electron chi connectivity index (χ2n) is 3.86. The Bertz CT molecular complexity index is 363. The lowest BCUT2D eigenvalue weighted by atomic mass is 10.1. The Kier molecular flexibility index (Phi) is 5.57. The lowest BCUT2D eigenvalue weighted by Crippen LogP contribution is -2.23. The maximum atomic E-state index is 5.75. The fraction of sp³-hybridized carbons (Fsp3) is 0.429. The number of rotatable bonds is 7. The molecular formula is C14H21NO2. The topological polar surface area (TPSA) is 44.5 Å². The molecule has 94 valence electrons. The SMILES string of the molecule is C=CCc1cc(OCC)ccc1OC(C)CN. The third-order valence-corrected chi connectivity index (χ3v) is 2.37. The van der Waals surface area contributed by atoms with Crippen LogP contribution in [0.15, 0.2) is 30.9 Å². The van der Waals surface area contributed by atoms with Crippen molar-refractivity contribution in [1.82, 2.24) is 0 Å². The van der Waals surface area contributed by atoms with Gasteiger partial charge in [-0.3, -0.25) is 0 Å². The predicted molar refractivity (Wildman–Crippen MR) is 70.7 cm³/mol. The third kappa shape index (κ3) is 4.11. The van der Waals surface area contributed by atoms with Crippen molar-refractivity contribution in [3.05, 3.63) is 36.4 Å². The van der Waals surface area contributed by atoms with Crippen LogP contribution < -0.4 is 15.2 Å². The van der Waals surface area contributed by atoms with E-state index in [1.165, 1.54) is 0 Å². The summed E-state index contributed by atoms with van der Waals surface area (Å²) >= 11 is 0. The molecule has 2 N–H and O–H groups in total. The number of allylic oxidation sites excluding steroid dienone is 1. The summed E-state index contributed by atoms with van der Waals surface area (Å²) in [5.41, 5.74) is 6.63. The molecule has 0 radical (unpaired) electrons. The Morgan fingerprint density at radius 3 is 2.82 bits per heavy atom. The van der Waals surface area contributed by atoms with E-state index in [0.717, 1.165) is 23.5 Å². The van der Waals surface area contributed by atoms with Gasteiger partial charge >= 0.3 is 0 Å². The van der Waals surface area contributed by atoms with E-state index in [9.17, 15) is 0 Å². The molecule has 1 unspecified atom stereocenters. The first kappa shape index (κ1) is 13.6. The van der Waals surface area contributed by atoms with Crippen molar-refractivity contribution in [2.24, 2.45) is 5.73 Å². The highest BCUT2D eigenvalue weighted by molar-refractivity contribution is 5.41. The van der Waals surface area contributed by atoms with Gasteiger partial charge in [-0.2, -0.15) is 0 Å². The van der Waals surface area contributed by atoms with E-state index in [4.69, 9.17) is 15.2 Å². The van der Waals surface area contributed by atoms with Crippen molar-refractivity contribution in [1.29, 1.82) is 0 Å². The molecule has 0 spiro atoms. The maximum Gasteiger partial charge on any atom is 0.123 e. The Hall–Kier alpha value is -1.48. The maximum absolute atomic E-state index is 5.75. The summed E-state index contributed by atoms with van der Waals surface area (Å²) in [5.74, 6) is 1.71. The fourth-order valence-corrected chi connectivity index (χ4v) is 1.51. The van der Waals surface area contributed by atoms with Crippen LogP contribution in [-0.4, -0.2) is 19.3 Å². The van der Waals surface area contributed by atoms with Crippen LogP contribution in [0.5, 0.6) is 11.5 Å². The number of nitrogens with two attached hydrogens (primary N) is 1. The molecule has 0 amide bonds. The molecule has 1 atom stereocenters. The van der Waals surface area contributed by atoms with Crippen LogP contribution in [0.4, 0.5) is 0 Å². The van der Waals surface area contributed by atoms with Gasteiger partial charge in [0.2, 0.25) is 0 Å². The summed E-state index contributed by atoms with van der Waals surface area (Å²) in [6.45, 7) is 8.83. The summed E-state index contributed by atoms with van der Waals surface area (Å²) in [6, 6.07) is 5.83. The van der Waals surface area contributed by atoms with Crippen molar-refractivity contribution in [2.75, 3.05) is 13.2 Å². The fourth-order valence-electron chi connectivity index (χ4n) is 1.51. The van der Waals surface area contributed by atoms with Crippen LogP contribution in [0.2, 0.25) is 0 Å². The van der Waals surface area contributed by atoms with E-state index >= 15 is 0 Å². The zero-order valence-electron chi connectivity index (χ0n) is 10.6. The second kappa shape index (κ2) is 6.97. The van der Waals surface area contributed by atoms with Crippen molar-refractivity contribution in [2.45, 2.75) is 26.4 Å². The molecule has 17 heavy (non-hydrogen) atoms. The molecule has 0 aliphatic carbocycles. The van der Waals surface area contributed by atoms with Gasteiger partial charge in [0.25, 0.3) is 0 Å². The van der Waals surface area contributed by atoms with Gasteiger partial charge in [0, 0.05) is 12.1 Å². The van der Waals surface area contributed by atoms with E-state index in [1.54, 1.807) is 0 Å². The average Bonchev–Trinajstić information content (AvgIpc) is 2.33. The zero-order valence-corrected chi connectivity index (χ0v) is 10.6. The van der Waals surface area contributed by atoms with Gasteiger partial charge in [0.15, 0.2) is 0 Å². The van der Waals surface area contributed by atoms with Crippen LogP contribution in [0.3, 0.4) is 0 Å². The molecule has 0 aromatic heterocycles. The van der Waals surface area contributed by atoms with Gasteiger partial charge in [-0.1, -0.05) is 6.08 Å². The highest BCUT2D eigenvalue weighted by Crippen LogP contribution is 2.26. The summed E-state index contributed by atoms with van der Waals surface area (Å²) in [7, 11) is 0. The minimum absolute atomic E-state index is 0.0107. The largest absolute Gasteiger partial charge is 0.494 e. The second-order valence-corrected chi connectivity index (χ2v) is 3.86. The molecule has 0 saturated carbocycles. The minimum atomic E-state index is 0.0107. The molecular weight excluding hydrogens is 214 g/mol. The van der Waals surface area contributed by atoms with Crippen molar-refractivity contribution in [3.8, 4) is 11.5 Å². The van der Waals surface area contributed by atoms with Crippen LogP contribution >= 0.6 is 0 Å². The van der Waals surface area contributed by atoms with Crippen LogP contribution in [0, 0.1) is 0 Å². The van der Waals surface area contributed by atoms with Gasteiger partial charge in [-0.05, 0) is 38.5 Å². The van der Waals surface area contributed by atoms with Crippen molar-refractivity contribution < 1.29 is 9.47 Å². The van der Waals surface area contributed by atoms with Crippen molar-refractivity contribution >= 4 is 0 Å². The molecule has 0 saturated heterocycles. The highest BCUT2D eigenvalue weighted by atomic mass is 16.5. The molecule has 0 aliphatic rings. The standard InChI is InChI=1S/C14H21NO2/c1-4-6-12-9-13(16-5-2)7-8-14(12)17-11(3)10-15/h4,7-9,11H,1,5-6,10,15H2,2-3H3. The molecule has 3 nitrogen and oxygen atoms in total. The zero-order chi connectivity index (χ0) is 12.7. The Morgan fingerprint density at radius 2 is 2.24 bits per heavy atom. The minimum Gasteiger partial charge on any atom is -0.494 e. The molecule has 0 aliphatic heterocycles. The average molecular weight is 235 g/mol. The molecule has 3 heteroatoms.